The van der Waals surface area contributed by atoms with Crippen LogP contribution < -0.4 is 15.4 Å². The highest BCUT2D eigenvalue weighted by atomic mass is 35.5. The van der Waals surface area contributed by atoms with E-state index in [0.29, 0.717) is 21.5 Å². The van der Waals surface area contributed by atoms with Gasteiger partial charge in [0.05, 0.1) is 29.3 Å². The Bertz CT molecular complexity index is 767. The van der Waals surface area contributed by atoms with Crippen LogP contribution in [-0.4, -0.2) is 19.7 Å². The summed E-state index contributed by atoms with van der Waals surface area (Å²) in [6.07, 6.45) is 0. The Hall–Kier alpha value is -2.35. The second-order valence-corrected chi connectivity index (χ2v) is 5.25. The molecule has 4 nitrogen and oxygen atoms in total. The fraction of sp³-hybridized carbons (Fsp3) is 0.118. The molecule has 2 aromatic rings. The average Bonchev–Trinajstić information content (AvgIpc) is 2.55. The Morgan fingerprint density at radius 3 is 2.70 bits per heavy atom. The number of carbonyl (C=O) groups is 1. The minimum Gasteiger partial charge on any atom is -0.495 e. The number of rotatable bonds is 3. The number of para-hydroxylation sites is 1. The van der Waals surface area contributed by atoms with Gasteiger partial charge in [0.2, 0.25) is 0 Å². The van der Waals surface area contributed by atoms with Crippen molar-refractivity contribution < 1.29 is 9.53 Å². The maximum absolute atomic E-state index is 11.8. The molecular weight excluding hydrogens is 335 g/mol. The standard InChI is InChI=1S/C17H14Cl2N2O2/c1-23-16-7-3-2-5-12(16)6-4-10-20-17(22)21-13-8-9-14(18)15(19)11-13/h2-3,5,7-9,11H,10H2,1H3,(H2,20,21,22). The molecule has 23 heavy (non-hydrogen) atoms. The fourth-order valence-corrected chi connectivity index (χ4v) is 2.06. The molecule has 0 radical (unpaired) electrons. The van der Waals surface area contributed by atoms with E-state index in [1.807, 2.05) is 24.3 Å². The third-order valence-electron chi connectivity index (χ3n) is 2.84. The molecule has 0 aliphatic rings. The van der Waals surface area contributed by atoms with E-state index in [1.165, 1.54) is 0 Å². The molecule has 0 aliphatic carbocycles. The van der Waals surface area contributed by atoms with Crippen LogP contribution in [0, 0.1) is 11.8 Å². The van der Waals surface area contributed by atoms with Gasteiger partial charge in [-0.15, -0.1) is 0 Å². The van der Waals surface area contributed by atoms with Crippen LogP contribution in [0.15, 0.2) is 42.5 Å². The number of amides is 2. The van der Waals surface area contributed by atoms with Gasteiger partial charge in [0.25, 0.3) is 0 Å². The molecule has 0 saturated heterocycles. The normalized spacial score (nSPS) is 9.52. The molecule has 0 heterocycles. The lowest BCUT2D eigenvalue weighted by molar-refractivity contribution is 0.253. The van der Waals surface area contributed by atoms with E-state index >= 15 is 0 Å². The molecule has 0 bridgehead atoms. The summed E-state index contributed by atoms with van der Waals surface area (Å²) in [5.41, 5.74) is 1.32. The van der Waals surface area contributed by atoms with Gasteiger partial charge >= 0.3 is 6.03 Å². The molecule has 2 amide bonds. The molecule has 0 spiro atoms. The highest BCUT2D eigenvalue weighted by molar-refractivity contribution is 6.42. The molecule has 0 aliphatic heterocycles. The molecule has 2 aromatic carbocycles. The molecule has 0 aromatic heterocycles. The third kappa shape index (κ3) is 5.10. The fourth-order valence-electron chi connectivity index (χ4n) is 1.76. The number of anilines is 1. The number of halogens is 2. The van der Waals surface area contributed by atoms with E-state index in [1.54, 1.807) is 25.3 Å². The lowest BCUT2D eigenvalue weighted by Gasteiger charge is -2.06. The van der Waals surface area contributed by atoms with Crippen LogP contribution in [0.25, 0.3) is 0 Å². The molecular formula is C17H14Cl2N2O2. The number of hydrogen-bond donors (Lipinski definition) is 2. The first-order valence-corrected chi connectivity index (χ1v) is 7.47. The van der Waals surface area contributed by atoms with Gasteiger partial charge in [0, 0.05) is 5.69 Å². The predicted molar refractivity (Wildman–Crippen MR) is 93.4 cm³/mol. The summed E-state index contributed by atoms with van der Waals surface area (Å²) >= 11 is 11.7. The molecule has 0 fully saturated rings. The lowest BCUT2D eigenvalue weighted by atomic mass is 10.2. The summed E-state index contributed by atoms with van der Waals surface area (Å²) in [6, 6.07) is 11.9. The monoisotopic (exact) mass is 348 g/mol. The summed E-state index contributed by atoms with van der Waals surface area (Å²) in [7, 11) is 1.59. The molecule has 2 N–H and O–H groups in total. The Labute approximate surface area is 144 Å². The number of hydrogen-bond acceptors (Lipinski definition) is 2. The highest BCUT2D eigenvalue weighted by Crippen LogP contribution is 2.24. The number of ether oxygens (including phenoxy) is 1. The smallest absolute Gasteiger partial charge is 0.319 e. The van der Waals surface area contributed by atoms with E-state index in [4.69, 9.17) is 27.9 Å². The number of carbonyl (C=O) groups excluding carboxylic acids is 1. The van der Waals surface area contributed by atoms with Crippen molar-refractivity contribution in [3.8, 4) is 17.6 Å². The summed E-state index contributed by atoms with van der Waals surface area (Å²) in [4.78, 5) is 11.8. The van der Waals surface area contributed by atoms with E-state index in [2.05, 4.69) is 22.5 Å². The van der Waals surface area contributed by atoms with Gasteiger partial charge in [-0.2, -0.15) is 0 Å². The van der Waals surface area contributed by atoms with Crippen molar-refractivity contribution in [2.75, 3.05) is 19.0 Å². The minimum absolute atomic E-state index is 0.200. The first-order valence-electron chi connectivity index (χ1n) is 6.72. The number of benzene rings is 2. The van der Waals surface area contributed by atoms with E-state index < -0.39 is 0 Å². The van der Waals surface area contributed by atoms with Gasteiger partial charge in [0.1, 0.15) is 5.75 Å². The van der Waals surface area contributed by atoms with Crippen LogP contribution in [0.4, 0.5) is 10.5 Å². The van der Waals surface area contributed by atoms with Crippen molar-refractivity contribution in [3.05, 3.63) is 58.1 Å². The van der Waals surface area contributed by atoms with E-state index in [9.17, 15) is 4.79 Å². The molecule has 6 heteroatoms. The van der Waals surface area contributed by atoms with Crippen LogP contribution in [0.2, 0.25) is 10.0 Å². The Balaban J connectivity index is 1.88. The predicted octanol–water partition coefficient (Wildman–Crippen LogP) is 4.18. The zero-order valence-electron chi connectivity index (χ0n) is 12.3. The topological polar surface area (TPSA) is 50.4 Å². The van der Waals surface area contributed by atoms with E-state index in [-0.39, 0.29) is 12.6 Å². The van der Waals surface area contributed by atoms with Gasteiger partial charge in [-0.25, -0.2) is 4.79 Å². The average molecular weight is 349 g/mol. The molecule has 0 atom stereocenters. The van der Waals surface area contributed by atoms with Crippen molar-refractivity contribution in [3.63, 3.8) is 0 Å². The van der Waals surface area contributed by atoms with Crippen LogP contribution >= 0.6 is 23.2 Å². The first-order chi connectivity index (χ1) is 11.1. The van der Waals surface area contributed by atoms with Crippen molar-refractivity contribution in [2.45, 2.75) is 0 Å². The van der Waals surface area contributed by atoms with Crippen molar-refractivity contribution in [1.82, 2.24) is 5.32 Å². The van der Waals surface area contributed by atoms with E-state index in [0.717, 1.165) is 5.56 Å². The second-order valence-electron chi connectivity index (χ2n) is 4.44. The summed E-state index contributed by atoms with van der Waals surface area (Å²) in [6.45, 7) is 0.200. The Kier molecular flexibility index (Phi) is 6.16. The van der Waals surface area contributed by atoms with Crippen molar-refractivity contribution in [1.29, 1.82) is 0 Å². The minimum atomic E-state index is -0.377. The number of methoxy groups -OCH3 is 1. The highest BCUT2D eigenvalue weighted by Gasteiger charge is 2.03. The summed E-state index contributed by atoms with van der Waals surface area (Å²) in [5.74, 6) is 6.50. The third-order valence-corrected chi connectivity index (χ3v) is 3.58. The first kappa shape index (κ1) is 17.0. The van der Waals surface area contributed by atoms with Gasteiger partial charge in [-0.05, 0) is 30.3 Å². The Morgan fingerprint density at radius 1 is 1.17 bits per heavy atom. The summed E-state index contributed by atoms with van der Waals surface area (Å²) < 4.78 is 5.20. The molecule has 0 unspecified atom stereocenters. The van der Waals surface area contributed by atoms with Gasteiger partial charge < -0.3 is 15.4 Å². The van der Waals surface area contributed by atoms with Crippen molar-refractivity contribution in [2.24, 2.45) is 0 Å². The maximum Gasteiger partial charge on any atom is 0.319 e. The summed E-state index contributed by atoms with van der Waals surface area (Å²) in [5, 5.41) is 6.08. The Morgan fingerprint density at radius 2 is 1.96 bits per heavy atom. The lowest BCUT2D eigenvalue weighted by Crippen LogP contribution is -2.28. The quantitative estimate of drug-likeness (QED) is 0.817. The zero-order valence-corrected chi connectivity index (χ0v) is 13.8. The molecule has 2 rings (SSSR count). The van der Waals surface area contributed by atoms with Crippen molar-refractivity contribution >= 4 is 34.9 Å². The van der Waals surface area contributed by atoms with Gasteiger partial charge in [0.15, 0.2) is 0 Å². The number of nitrogens with one attached hydrogen (secondary N) is 2. The molecule has 118 valence electrons. The second kappa shape index (κ2) is 8.33. The van der Waals surface area contributed by atoms with Crippen LogP contribution in [0.1, 0.15) is 5.56 Å². The maximum atomic E-state index is 11.8. The SMILES string of the molecule is COc1ccccc1C#CCNC(=O)Nc1ccc(Cl)c(Cl)c1. The van der Waals surface area contributed by atoms with Crippen LogP contribution in [0.3, 0.4) is 0 Å². The van der Waals surface area contributed by atoms with Gasteiger partial charge in [-0.1, -0.05) is 47.2 Å². The zero-order chi connectivity index (χ0) is 16.7. The van der Waals surface area contributed by atoms with Gasteiger partial charge in [-0.3, -0.25) is 0 Å². The molecule has 0 saturated carbocycles. The largest absolute Gasteiger partial charge is 0.495 e. The van der Waals surface area contributed by atoms with Crippen LogP contribution in [-0.2, 0) is 0 Å². The van der Waals surface area contributed by atoms with Crippen LogP contribution in [0.5, 0.6) is 5.75 Å². The number of urea groups is 1.